The quantitative estimate of drug-likeness (QED) is 0.851. The normalized spacial score (nSPS) is 12.5. The molecule has 0 bridgehead atoms. The summed E-state index contributed by atoms with van der Waals surface area (Å²) in [7, 11) is 0. The minimum Gasteiger partial charge on any atom is -0.330 e. The Labute approximate surface area is 106 Å². The van der Waals surface area contributed by atoms with Crippen molar-refractivity contribution < 1.29 is 9.18 Å². The molecule has 0 fully saturated rings. The van der Waals surface area contributed by atoms with Gasteiger partial charge in [0.05, 0.1) is 5.02 Å². The van der Waals surface area contributed by atoms with Gasteiger partial charge in [-0.25, -0.2) is 4.39 Å². The lowest BCUT2D eigenvalue weighted by atomic mass is 9.96. The molecular formula is C13H17ClFNO. The lowest BCUT2D eigenvalue weighted by molar-refractivity contribution is -0.119. The number of Topliss-reactive ketones (excluding diaryl/α,β-unsaturated/α-hetero) is 1. The number of ketones is 1. The highest BCUT2D eigenvalue weighted by Crippen LogP contribution is 2.21. The second-order valence-electron chi connectivity index (χ2n) is 4.14. The predicted molar refractivity (Wildman–Crippen MR) is 67.6 cm³/mol. The highest BCUT2D eigenvalue weighted by molar-refractivity contribution is 6.31. The molecule has 0 amide bonds. The number of benzene rings is 1. The Morgan fingerprint density at radius 3 is 2.82 bits per heavy atom. The van der Waals surface area contributed by atoms with Crippen LogP contribution in [0.3, 0.4) is 0 Å². The first-order chi connectivity index (χ1) is 8.08. The SMILES string of the molecule is CCC(CN)CC(=O)Cc1cccc(F)c1Cl. The number of halogens is 2. The highest BCUT2D eigenvalue weighted by atomic mass is 35.5. The average molecular weight is 258 g/mol. The van der Waals surface area contributed by atoms with Crippen molar-refractivity contribution in [3.63, 3.8) is 0 Å². The van der Waals surface area contributed by atoms with Crippen LogP contribution in [0.2, 0.25) is 5.02 Å². The third-order valence-electron chi connectivity index (χ3n) is 2.85. The van der Waals surface area contributed by atoms with Crippen molar-refractivity contribution in [2.24, 2.45) is 11.7 Å². The number of hydrogen-bond donors (Lipinski definition) is 1. The Hall–Kier alpha value is -0.930. The molecule has 0 radical (unpaired) electrons. The molecule has 1 aromatic rings. The number of hydrogen-bond acceptors (Lipinski definition) is 2. The van der Waals surface area contributed by atoms with Crippen LogP contribution in [0.1, 0.15) is 25.3 Å². The number of nitrogens with two attached hydrogens (primary N) is 1. The first kappa shape index (κ1) is 14.1. The highest BCUT2D eigenvalue weighted by Gasteiger charge is 2.14. The van der Waals surface area contributed by atoms with Gasteiger partial charge in [0.1, 0.15) is 11.6 Å². The zero-order valence-corrected chi connectivity index (χ0v) is 10.6. The molecule has 94 valence electrons. The third kappa shape index (κ3) is 4.10. The molecule has 1 rings (SSSR count). The van der Waals surface area contributed by atoms with Crippen molar-refractivity contribution in [1.82, 2.24) is 0 Å². The van der Waals surface area contributed by atoms with Crippen LogP contribution in [0, 0.1) is 11.7 Å². The van der Waals surface area contributed by atoms with Crippen LogP contribution in [0.25, 0.3) is 0 Å². The minimum atomic E-state index is -0.483. The summed E-state index contributed by atoms with van der Waals surface area (Å²) in [5.74, 6) is -0.229. The van der Waals surface area contributed by atoms with Gasteiger partial charge in [0.2, 0.25) is 0 Å². The van der Waals surface area contributed by atoms with E-state index >= 15 is 0 Å². The summed E-state index contributed by atoms with van der Waals surface area (Å²) in [6.45, 7) is 2.50. The van der Waals surface area contributed by atoms with Crippen molar-refractivity contribution in [2.45, 2.75) is 26.2 Å². The minimum absolute atomic E-state index is 0.0432. The van der Waals surface area contributed by atoms with Gasteiger partial charge < -0.3 is 5.73 Å². The van der Waals surface area contributed by atoms with Gasteiger partial charge in [-0.05, 0) is 24.1 Å². The zero-order valence-electron chi connectivity index (χ0n) is 9.88. The molecule has 0 aliphatic carbocycles. The van der Waals surface area contributed by atoms with E-state index in [-0.39, 0.29) is 23.1 Å². The number of carbonyl (C=O) groups is 1. The van der Waals surface area contributed by atoms with Crippen LogP contribution in [-0.2, 0) is 11.2 Å². The molecule has 1 unspecified atom stereocenters. The monoisotopic (exact) mass is 257 g/mol. The molecule has 17 heavy (non-hydrogen) atoms. The second kappa shape index (κ2) is 6.72. The van der Waals surface area contributed by atoms with Crippen LogP contribution in [0.4, 0.5) is 4.39 Å². The van der Waals surface area contributed by atoms with Gasteiger partial charge in [0.15, 0.2) is 0 Å². The van der Waals surface area contributed by atoms with E-state index in [1.807, 2.05) is 6.92 Å². The first-order valence-corrected chi connectivity index (χ1v) is 6.10. The van der Waals surface area contributed by atoms with Crippen molar-refractivity contribution in [1.29, 1.82) is 0 Å². The molecule has 0 saturated carbocycles. The molecule has 0 aliphatic heterocycles. The first-order valence-electron chi connectivity index (χ1n) is 5.73. The summed E-state index contributed by atoms with van der Waals surface area (Å²) < 4.78 is 13.2. The smallest absolute Gasteiger partial charge is 0.142 e. The molecule has 2 N–H and O–H groups in total. The van der Waals surface area contributed by atoms with Crippen LogP contribution in [0.5, 0.6) is 0 Å². The maximum Gasteiger partial charge on any atom is 0.142 e. The van der Waals surface area contributed by atoms with Gasteiger partial charge in [-0.1, -0.05) is 37.1 Å². The van der Waals surface area contributed by atoms with Gasteiger partial charge >= 0.3 is 0 Å². The summed E-state index contributed by atoms with van der Waals surface area (Å²) in [4.78, 5) is 11.8. The standard InChI is InChI=1S/C13H17ClFNO/c1-2-9(8-16)6-11(17)7-10-4-3-5-12(15)13(10)14/h3-5,9H,2,6-8,16H2,1H3. The van der Waals surface area contributed by atoms with E-state index < -0.39 is 5.82 Å². The molecule has 1 aromatic carbocycles. The Morgan fingerprint density at radius 1 is 1.53 bits per heavy atom. The zero-order chi connectivity index (χ0) is 12.8. The molecule has 0 aliphatic rings. The van der Waals surface area contributed by atoms with E-state index in [2.05, 4.69) is 0 Å². The maximum atomic E-state index is 13.2. The van der Waals surface area contributed by atoms with Crippen molar-refractivity contribution in [3.05, 3.63) is 34.6 Å². The molecule has 0 aromatic heterocycles. The van der Waals surface area contributed by atoms with Crippen molar-refractivity contribution >= 4 is 17.4 Å². The second-order valence-corrected chi connectivity index (χ2v) is 4.52. The van der Waals surface area contributed by atoms with Crippen LogP contribution >= 0.6 is 11.6 Å². The topological polar surface area (TPSA) is 43.1 Å². The van der Waals surface area contributed by atoms with Gasteiger partial charge in [0.25, 0.3) is 0 Å². The van der Waals surface area contributed by atoms with E-state index in [0.29, 0.717) is 18.5 Å². The molecule has 0 heterocycles. The van der Waals surface area contributed by atoms with Gasteiger partial charge in [-0.3, -0.25) is 4.79 Å². The van der Waals surface area contributed by atoms with Crippen molar-refractivity contribution in [3.8, 4) is 0 Å². The third-order valence-corrected chi connectivity index (χ3v) is 3.27. The van der Waals surface area contributed by atoms with E-state index in [1.54, 1.807) is 12.1 Å². The Kier molecular flexibility index (Phi) is 5.59. The largest absolute Gasteiger partial charge is 0.330 e. The summed E-state index contributed by atoms with van der Waals surface area (Å²) in [6.07, 6.45) is 1.48. The average Bonchev–Trinajstić information content (AvgIpc) is 2.32. The molecule has 1 atom stereocenters. The summed E-state index contributed by atoms with van der Waals surface area (Å²) in [5, 5.41) is 0.0432. The van der Waals surface area contributed by atoms with E-state index in [0.717, 1.165) is 6.42 Å². The van der Waals surface area contributed by atoms with Crippen LogP contribution in [0.15, 0.2) is 18.2 Å². The molecule has 0 saturated heterocycles. The summed E-state index contributed by atoms with van der Waals surface area (Å²) in [5.41, 5.74) is 6.09. The van der Waals surface area contributed by atoms with E-state index in [1.165, 1.54) is 6.07 Å². The number of carbonyl (C=O) groups excluding carboxylic acids is 1. The fraction of sp³-hybridized carbons (Fsp3) is 0.462. The van der Waals surface area contributed by atoms with Crippen LogP contribution in [-0.4, -0.2) is 12.3 Å². The lowest BCUT2D eigenvalue weighted by Crippen LogP contribution is -2.18. The summed E-state index contributed by atoms with van der Waals surface area (Å²) >= 11 is 5.79. The molecule has 0 spiro atoms. The Morgan fingerprint density at radius 2 is 2.24 bits per heavy atom. The fourth-order valence-corrected chi connectivity index (χ4v) is 1.88. The fourth-order valence-electron chi connectivity index (χ4n) is 1.69. The molecular weight excluding hydrogens is 241 g/mol. The van der Waals surface area contributed by atoms with E-state index in [9.17, 15) is 9.18 Å². The van der Waals surface area contributed by atoms with Crippen LogP contribution < -0.4 is 5.73 Å². The van der Waals surface area contributed by atoms with Gasteiger partial charge in [0, 0.05) is 12.8 Å². The lowest BCUT2D eigenvalue weighted by Gasteiger charge is -2.11. The number of rotatable bonds is 6. The van der Waals surface area contributed by atoms with Gasteiger partial charge in [-0.15, -0.1) is 0 Å². The molecule has 4 heteroatoms. The Bertz CT molecular complexity index is 391. The Balaban J connectivity index is 2.65. The maximum absolute atomic E-state index is 13.2. The van der Waals surface area contributed by atoms with Crippen molar-refractivity contribution in [2.75, 3.05) is 6.54 Å². The predicted octanol–water partition coefficient (Wildman–Crippen LogP) is 2.97. The molecule has 2 nitrogen and oxygen atoms in total. The summed E-state index contributed by atoms with van der Waals surface area (Å²) in [6, 6.07) is 4.52. The van der Waals surface area contributed by atoms with E-state index in [4.69, 9.17) is 17.3 Å². The van der Waals surface area contributed by atoms with Gasteiger partial charge in [-0.2, -0.15) is 0 Å².